The molecule has 1 aromatic heterocycles. The maximum Gasteiger partial charge on any atom is 0.328 e. The van der Waals surface area contributed by atoms with E-state index in [1.54, 1.807) is 42.5 Å². The molecule has 9 heteroatoms. The Morgan fingerprint density at radius 1 is 0.914 bits per heavy atom. The van der Waals surface area contributed by atoms with Crippen LogP contribution in [0.25, 0.3) is 10.9 Å². The summed E-state index contributed by atoms with van der Waals surface area (Å²) in [5.74, 6) is -2.23. The molecule has 0 saturated carbocycles. The molecule has 0 saturated heterocycles. The molecular weight excluding hydrogens is 532 g/mol. The Kier molecular flexibility index (Phi) is 7.23. The van der Waals surface area contributed by atoms with Gasteiger partial charge in [0.05, 0.1) is 5.52 Å². The summed E-state index contributed by atoms with van der Waals surface area (Å²) >= 11 is 9.54. The van der Waals surface area contributed by atoms with E-state index in [4.69, 9.17) is 11.6 Å². The highest BCUT2D eigenvalue weighted by atomic mass is 79.9. The highest BCUT2D eigenvalue weighted by Gasteiger charge is 2.22. The van der Waals surface area contributed by atoms with Gasteiger partial charge < -0.3 is 10.6 Å². The molecule has 0 aliphatic carbocycles. The number of nitrogens with one attached hydrogen (secondary N) is 3. The second-order valence-corrected chi connectivity index (χ2v) is 9.24. The van der Waals surface area contributed by atoms with Gasteiger partial charge in [-0.1, -0.05) is 52.7 Å². The molecule has 7 nitrogen and oxygen atoms in total. The van der Waals surface area contributed by atoms with E-state index in [0.717, 1.165) is 15.6 Å². The molecule has 0 bridgehead atoms. The number of nitrogens with zero attached hydrogens (tertiary/aromatic N) is 1. The number of hydrogen-bond acceptors (Lipinski definition) is 3. The van der Waals surface area contributed by atoms with E-state index in [9.17, 15) is 14.4 Å². The molecule has 3 N–H and O–H groups in total. The first-order valence-corrected chi connectivity index (χ1v) is 12.0. The Labute approximate surface area is 215 Å². The van der Waals surface area contributed by atoms with Crippen LogP contribution in [-0.2, 0) is 16.0 Å². The van der Waals surface area contributed by atoms with Crippen molar-refractivity contribution in [3.05, 3.63) is 93.0 Å². The van der Waals surface area contributed by atoms with E-state index >= 15 is 0 Å². The fourth-order valence-electron chi connectivity index (χ4n) is 3.71. The quantitative estimate of drug-likeness (QED) is 0.269. The molecular formula is C26H22BrClN4O3. The first kappa shape index (κ1) is 24.5. The number of carbonyl (C=O) groups excluding carboxylic acids is 3. The van der Waals surface area contributed by atoms with Crippen LogP contribution in [0.2, 0.25) is 5.02 Å². The van der Waals surface area contributed by atoms with E-state index in [0.29, 0.717) is 33.7 Å². The van der Waals surface area contributed by atoms with Gasteiger partial charge in [-0.05, 0) is 73.0 Å². The van der Waals surface area contributed by atoms with Gasteiger partial charge in [0, 0.05) is 26.3 Å². The molecule has 3 amide bonds. The summed E-state index contributed by atoms with van der Waals surface area (Å²) in [4.78, 5) is 38.7. The number of amides is 3. The minimum Gasteiger partial charge on any atom is -0.320 e. The Morgan fingerprint density at radius 2 is 1.69 bits per heavy atom. The molecule has 0 aliphatic rings. The van der Waals surface area contributed by atoms with Crippen LogP contribution < -0.4 is 16.1 Å². The van der Waals surface area contributed by atoms with Gasteiger partial charge in [-0.3, -0.25) is 19.8 Å². The van der Waals surface area contributed by atoms with Crippen LogP contribution in [0.1, 0.15) is 28.5 Å². The van der Waals surface area contributed by atoms with Crippen LogP contribution in [0.15, 0.2) is 71.2 Å². The number of benzene rings is 3. The van der Waals surface area contributed by atoms with Crippen molar-refractivity contribution in [1.29, 1.82) is 0 Å². The lowest BCUT2D eigenvalue weighted by atomic mass is 10.1. The third kappa shape index (κ3) is 5.39. The molecule has 1 heterocycles. The SMILES string of the molecule is CCc1ccccc1NC(=O)C(=O)Nn1c(C(=O)Nc2ccc(Br)cc2C)cc2cc(Cl)ccc21. The summed E-state index contributed by atoms with van der Waals surface area (Å²) in [6.07, 6.45) is 0.695. The molecule has 4 rings (SSSR count). The van der Waals surface area contributed by atoms with Gasteiger partial charge in [0.1, 0.15) is 5.69 Å². The predicted octanol–water partition coefficient (Wildman–Crippen LogP) is 5.89. The third-order valence-electron chi connectivity index (χ3n) is 5.50. The predicted molar refractivity (Wildman–Crippen MR) is 143 cm³/mol. The van der Waals surface area contributed by atoms with Crippen molar-refractivity contribution in [2.45, 2.75) is 20.3 Å². The van der Waals surface area contributed by atoms with Crippen molar-refractivity contribution >= 4 is 67.5 Å². The molecule has 0 fully saturated rings. The van der Waals surface area contributed by atoms with Gasteiger partial charge in [-0.2, -0.15) is 0 Å². The molecule has 0 spiro atoms. The first-order chi connectivity index (χ1) is 16.8. The molecule has 0 atom stereocenters. The van der Waals surface area contributed by atoms with Crippen LogP contribution in [0, 0.1) is 6.92 Å². The average Bonchev–Trinajstić information content (AvgIpc) is 3.18. The minimum atomic E-state index is -0.919. The Balaban J connectivity index is 1.64. The smallest absolute Gasteiger partial charge is 0.320 e. The summed E-state index contributed by atoms with van der Waals surface area (Å²) in [7, 11) is 0. The maximum atomic E-state index is 13.2. The van der Waals surface area contributed by atoms with Crippen LogP contribution in [-0.4, -0.2) is 22.4 Å². The van der Waals surface area contributed by atoms with Crippen molar-refractivity contribution in [1.82, 2.24) is 4.68 Å². The van der Waals surface area contributed by atoms with Crippen LogP contribution >= 0.6 is 27.5 Å². The lowest BCUT2D eigenvalue weighted by Crippen LogP contribution is -2.36. The van der Waals surface area contributed by atoms with Gasteiger partial charge in [-0.25, -0.2) is 4.68 Å². The number of aromatic nitrogens is 1. The van der Waals surface area contributed by atoms with E-state index < -0.39 is 17.7 Å². The maximum absolute atomic E-state index is 13.2. The average molecular weight is 554 g/mol. The minimum absolute atomic E-state index is 0.139. The molecule has 3 aromatic carbocycles. The summed E-state index contributed by atoms with van der Waals surface area (Å²) < 4.78 is 2.18. The molecule has 0 unspecified atom stereocenters. The highest BCUT2D eigenvalue weighted by molar-refractivity contribution is 9.10. The summed E-state index contributed by atoms with van der Waals surface area (Å²) in [5.41, 5.74) is 6.15. The van der Waals surface area contributed by atoms with Crippen molar-refractivity contribution < 1.29 is 14.4 Å². The number of aryl methyl sites for hydroxylation is 2. The zero-order valence-electron chi connectivity index (χ0n) is 19.0. The summed E-state index contributed by atoms with van der Waals surface area (Å²) in [6.45, 7) is 3.83. The molecule has 4 aromatic rings. The number of anilines is 2. The Morgan fingerprint density at radius 3 is 2.43 bits per heavy atom. The van der Waals surface area contributed by atoms with Gasteiger partial charge in [0.15, 0.2) is 0 Å². The second-order valence-electron chi connectivity index (χ2n) is 7.89. The fraction of sp³-hybridized carbons (Fsp3) is 0.115. The summed E-state index contributed by atoms with van der Waals surface area (Å²) in [5, 5.41) is 6.61. The fourth-order valence-corrected chi connectivity index (χ4v) is 4.37. The number of fused-ring (bicyclic) bond motifs is 1. The van der Waals surface area contributed by atoms with Crippen LogP contribution in [0.4, 0.5) is 11.4 Å². The zero-order chi connectivity index (χ0) is 25.1. The number of carbonyl (C=O) groups is 3. The lowest BCUT2D eigenvalue weighted by Gasteiger charge is -2.14. The van der Waals surface area contributed by atoms with Crippen LogP contribution in [0.3, 0.4) is 0 Å². The molecule has 0 radical (unpaired) electrons. The topological polar surface area (TPSA) is 92.2 Å². The largest absolute Gasteiger partial charge is 0.328 e. The van der Waals surface area contributed by atoms with Gasteiger partial charge in [0.25, 0.3) is 5.91 Å². The number of hydrogen-bond donors (Lipinski definition) is 3. The van der Waals surface area contributed by atoms with E-state index in [1.165, 1.54) is 4.68 Å². The van der Waals surface area contributed by atoms with Gasteiger partial charge >= 0.3 is 11.8 Å². The molecule has 35 heavy (non-hydrogen) atoms. The third-order valence-corrected chi connectivity index (χ3v) is 6.23. The van der Waals surface area contributed by atoms with Crippen LogP contribution in [0.5, 0.6) is 0 Å². The number of rotatable bonds is 5. The van der Waals surface area contributed by atoms with Gasteiger partial charge in [0.2, 0.25) is 0 Å². The lowest BCUT2D eigenvalue weighted by molar-refractivity contribution is -0.133. The van der Waals surface area contributed by atoms with Crippen molar-refractivity contribution in [2.24, 2.45) is 0 Å². The molecule has 0 aliphatic heterocycles. The van der Waals surface area contributed by atoms with Crippen molar-refractivity contribution in [3.63, 3.8) is 0 Å². The Hall–Kier alpha value is -3.62. The highest BCUT2D eigenvalue weighted by Crippen LogP contribution is 2.25. The van der Waals surface area contributed by atoms with E-state index in [-0.39, 0.29) is 5.69 Å². The normalized spacial score (nSPS) is 10.7. The molecule has 178 valence electrons. The van der Waals surface area contributed by atoms with E-state index in [2.05, 4.69) is 32.0 Å². The van der Waals surface area contributed by atoms with Crippen molar-refractivity contribution in [2.75, 3.05) is 16.1 Å². The number of para-hydroxylation sites is 1. The second kappa shape index (κ2) is 10.3. The van der Waals surface area contributed by atoms with E-state index in [1.807, 2.05) is 38.1 Å². The van der Waals surface area contributed by atoms with Crippen molar-refractivity contribution in [3.8, 4) is 0 Å². The zero-order valence-corrected chi connectivity index (χ0v) is 21.3. The first-order valence-electron chi connectivity index (χ1n) is 10.9. The monoisotopic (exact) mass is 552 g/mol. The Bertz CT molecular complexity index is 1460. The summed E-state index contributed by atoms with van der Waals surface area (Å²) in [6, 6.07) is 19.3. The van der Waals surface area contributed by atoms with Gasteiger partial charge in [-0.15, -0.1) is 0 Å². The number of halogens is 2. The standard InChI is InChI=1S/C26H22BrClN4O3/c1-3-16-6-4-5-7-21(16)30-25(34)26(35)31-32-22-11-9-19(28)13-17(22)14-23(32)24(33)29-20-10-8-18(27)12-15(20)2/h4-14H,3H2,1-2H3,(H,29,33)(H,30,34)(H,31,35).